The van der Waals surface area contributed by atoms with Gasteiger partial charge in [0.15, 0.2) is 0 Å². The predicted octanol–water partition coefficient (Wildman–Crippen LogP) is 6.60. The summed E-state index contributed by atoms with van der Waals surface area (Å²) in [5.41, 5.74) is 6.84. The number of amides is 1. The van der Waals surface area contributed by atoms with Gasteiger partial charge in [0.25, 0.3) is 0 Å². The van der Waals surface area contributed by atoms with Gasteiger partial charge in [0.05, 0.1) is 17.6 Å². The molecule has 5 nitrogen and oxygen atoms in total. The summed E-state index contributed by atoms with van der Waals surface area (Å²) in [6, 6.07) is 22.9. The SMILES string of the molecule is CCCCc1ccc(N2CC(c3nc4ccccc4n3CCOc3ccc(C)c(C)c3)CC2=O)cc1. The highest BCUT2D eigenvalue weighted by Gasteiger charge is 2.34. The van der Waals surface area contributed by atoms with Crippen LogP contribution in [0.4, 0.5) is 5.69 Å². The second kappa shape index (κ2) is 10.6. The zero-order chi connectivity index (χ0) is 25.1. The van der Waals surface area contributed by atoms with Crippen molar-refractivity contribution in [3.05, 3.63) is 89.2 Å². The Kier molecular flexibility index (Phi) is 7.08. The van der Waals surface area contributed by atoms with Crippen molar-refractivity contribution in [1.82, 2.24) is 9.55 Å². The molecule has 1 aromatic heterocycles. The van der Waals surface area contributed by atoms with Crippen molar-refractivity contribution in [2.24, 2.45) is 0 Å². The van der Waals surface area contributed by atoms with Gasteiger partial charge in [-0.05, 0) is 79.8 Å². The number of carbonyl (C=O) groups is 1. The minimum atomic E-state index is 0.0475. The third kappa shape index (κ3) is 5.01. The van der Waals surface area contributed by atoms with Crippen molar-refractivity contribution in [1.29, 1.82) is 0 Å². The first-order chi connectivity index (χ1) is 17.5. The molecule has 1 unspecified atom stereocenters. The molecule has 0 saturated carbocycles. The van der Waals surface area contributed by atoms with Crippen molar-refractivity contribution in [3.63, 3.8) is 0 Å². The fraction of sp³-hybridized carbons (Fsp3) is 0.355. The summed E-state index contributed by atoms with van der Waals surface area (Å²) in [6.07, 6.45) is 3.93. The van der Waals surface area contributed by atoms with Crippen LogP contribution in [0.25, 0.3) is 11.0 Å². The summed E-state index contributed by atoms with van der Waals surface area (Å²) in [5, 5.41) is 0. The van der Waals surface area contributed by atoms with Gasteiger partial charge in [0.1, 0.15) is 18.2 Å². The van der Waals surface area contributed by atoms with Crippen LogP contribution in [0.2, 0.25) is 0 Å². The van der Waals surface area contributed by atoms with Gasteiger partial charge >= 0.3 is 0 Å². The van der Waals surface area contributed by atoms with Gasteiger partial charge in [-0.1, -0.05) is 43.7 Å². The second-order valence-corrected chi connectivity index (χ2v) is 9.88. The average Bonchev–Trinajstić information content (AvgIpc) is 3.46. The lowest BCUT2D eigenvalue weighted by Crippen LogP contribution is -2.24. The molecular formula is C31H35N3O2. The van der Waals surface area contributed by atoms with Crippen LogP contribution in [0.3, 0.4) is 0 Å². The minimum absolute atomic E-state index is 0.0475. The monoisotopic (exact) mass is 481 g/mol. The Morgan fingerprint density at radius 1 is 1.00 bits per heavy atom. The number of anilines is 1. The molecule has 1 aliphatic heterocycles. The van der Waals surface area contributed by atoms with Crippen molar-refractivity contribution < 1.29 is 9.53 Å². The van der Waals surface area contributed by atoms with E-state index in [1.165, 1.54) is 29.5 Å². The summed E-state index contributed by atoms with van der Waals surface area (Å²) in [6.45, 7) is 8.29. The van der Waals surface area contributed by atoms with E-state index in [2.05, 4.69) is 67.8 Å². The Labute approximate surface area is 213 Å². The lowest BCUT2D eigenvalue weighted by atomic mass is 10.1. The molecule has 1 saturated heterocycles. The summed E-state index contributed by atoms with van der Waals surface area (Å²) in [4.78, 5) is 20.0. The summed E-state index contributed by atoms with van der Waals surface area (Å²) < 4.78 is 8.35. The standard InChI is InChI=1S/C31H35N3O2/c1-4-5-8-24-12-14-26(15-13-24)34-21-25(20-30(34)35)31-32-28-9-6-7-10-29(28)33(31)17-18-36-27-16-11-22(2)23(3)19-27/h6-7,9-16,19,25H,4-5,8,17-18,20-21H2,1-3H3. The maximum Gasteiger partial charge on any atom is 0.227 e. The zero-order valence-electron chi connectivity index (χ0n) is 21.5. The number of hydrogen-bond donors (Lipinski definition) is 0. The predicted molar refractivity (Wildman–Crippen MR) is 146 cm³/mol. The Balaban J connectivity index is 1.34. The molecule has 1 amide bonds. The number of aromatic nitrogens is 2. The third-order valence-electron chi connectivity index (χ3n) is 7.30. The van der Waals surface area contributed by atoms with Gasteiger partial charge < -0.3 is 14.2 Å². The van der Waals surface area contributed by atoms with E-state index < -0.39 is 0 Å². The van der Waals surface area contributed by atoms with Gasteiger partial charge in [-0.15, -0.1) is 0 Å². The first-order valence-corrected chi connectivity index (χ1v) is 13.1. The largest absolute Gasteiger partial charge is 0.492 e. The van der Waals surface area contributed by atoms with Crippen molar-refractivity contribution >= 4 is 22.6 Å². The quantitative estimate of drug-likeness (QED) is 0.271. The van der Waals surface area contributed by atoms with Crippen LogP contribution >= 0.6 is 0 Å². The Morgan fingerprint density at radius 2 is 1.81 bits per heavy atom. The zero-order valence-corrected chi connectivity index (χ0v) is 21.5. The van der Waals surface area contributed by atoms with E-state index in [4.69, 9.17) is 9.72 Å². The molecule has 2 heterocycles. The van der Waals surface area contributed by atoms with Crippen LogP contribution in [-0.2, 0) is 17.8 Å². The number of aryl methyl sites for hydroxylation is 3. The van der Waals surface area contributed by atoms with Gasteiger partial charge in [-0.2, -0.15) is 0 Å². The molecule has 4 aromatic rings. The number of hydrogen-bond acceptors (Lipinski definition) is 3. The van der Waals surface area contributed by atoms with Crippen LogP contribution in [0.5, 0.6) is 5.75 Å². The molecular weight excluding hydrogens is 446 g/mol. The van der Waals surface area contributed by atoms with E-state index in [1.807, 2.05) is 29.2 Å². The molecule has 0 spiro atoms. The van der Waals surface area contributed by atoms with Crippen LogP contribution in [-0.4, -0.2) is 28.6 Å². The van der Waals surface area contributed by atoms with Gasteiger partial charge in [-0.3, -0.25) is 4.79 Å². The fourth-order valence-electron chi connectivity index (χ4n) is 5.05. The lowest BCUT2D eigenvalue weighted by Gasteiger charge is -2.18. The smallest absolute Gasteiger partial charge is 0.227 e. The topological polar surface area (TPSA) is 47.4 Å². The van der Waals surface area contributed by atoms with Crippen molar-refractivity contribution in [3.8, 4) is 5.75 Å². The van der Waals surface area contributed by atoms with Crippen LogP contribution in [0.15, 0.2) is 66.7 Å². The summed E-state index contributed by atoms with van der Waals surface area (Å²) >= 11 is 0. The number of ether oxygens (including phenoxy) is 1. The Morgan fingerprint density at radius 3 is 2.58 bits per heavy atom. The summed E-state index contributed by atoms with van der Waals surface area (Å²) in [7, 11) is 0. The highest BCUT2D eigenvalue weighted by molar-refractivity contribution is 5.96. The minimum Gasteiger partial charge on any atom is -0.492 e. The van der Waals surface area contributed by atoms with Crippen LogP contribution < -0.4 is 9.64 Å². The molecule has 36 heavy (non-hydrogen) atoms. The van der Waals surface area contributed by atoms with Crippen molar-refractivity contribution in [2.45, 2.75) is 58.9 Å². The second-order valence-electron chi connectivity index (χ2n) is 9.88. The Hall–Kier alpha value is -3.60. The molecule has 186 valence electrons. The third-order valence-corrected chi connectivity index (χ3v) is 7.30. The molecule has 3 aromatic carbocycles. The first-order valence-electron chi connectivity index (χ1n) is 13.1. The number of benzene rings is 3. The molecule has 1 aliphatic rings. The molecule has 1 atom stereocenters. The van der Waals surface area contributed by atoms with E-state index in [1.54, 1.807) is 0 Å². The Bertz CT molecular complexity index is 1360. The molecule has 0 N–H and O–H groups in total. The van der Waals surface area contributed by atoms with Crippen molar-refractivity contribution in [2.75, 3.05) is 18.1 Å². The number of nitrogens with zero attached hydrogens (tertiary/aromatic N) is 3. The number of imidazole rings is 1. The van der Waals surface area contributed by atoms with E-state index in [9.17, 15) is 4.79 Å². The number of unbranched alkanes of at least 4 members (excludes halogenated alkanes) is 1. The number of carbonyl (C=O) groups excluding carboxylic acids is 1. The average molecular weight is 482 g/mol. The molecule has 5 rings (SSSR count). The first kappa shape index (κ1) is 24.1. The highest BCUT2D eigenvalue weighted by Crippen LogP contribution is 2.33. The van der Waals surface area contributed by atoms with E-state index in [0.717, 1.165) is 34.7 Å². The van der Waals surface area contributed by atoms with E-state index in [-0.39, 0.29) is 11.8 Å². The van der Waals surface area contributed by atoms with Gasteiger partial charge in [0.2, 0.25) is 5.91 Å². The normalized spacial score (nSPS) is 15.7. The maximum atomic E-state index is 13.1. The molecule has 0 radical (unpaired) electrons. The highest BCUT2D eigenvalue weighted by atomic mass is 16.5. The van der Waals surface area contributed by atoms with Crippen LogP contribution in [0, 0.1) is 13.8 Å². The maximum absolute atomic E-state index is 13.1. The number of fused-ring (bicyclic) bond motifs is 1. The molecule has 0 aliphatic carbocycles. The van der Waals surface area contributed by atoms with E-state index in [0.29, 0.717) is 26.1 Å². The molecule has 5 heteroatoms. The molecule has 1 fully saturated rings. The molecule has 0 bridgehead atoms. The number of rotatable bonds is 9. The lowest BCUT2D eigenvalue weighted by molar-refractivity contribution is -0.117. The fourth-order valence-corrected chi connectivity index (χ4v) is 5.05. The van der Waals surface area contributed by atoms with E-state index >= 15 is 0 Å². The van der Waals surface area contributed by atoms with Crippen LogP contribution in [0.1, 0.15) is 54.6 Å². The summed E-state index contributed by atoms with van der Waals surface area (Å²) in [5.74, 6) is 2.06. The number of para-hydroxylation sites is 2. The van der Waals surface area contributed by atoms with Gasteiger partial charge in [0, 0.05) is 24.6 Å². The van der Waals surface area contributed by atoms with Gasteiger partial charge in [-0.25, -0.2) is 4.98 Å².